The first-order valence-corrected chi connectivity index (χ1v) is 19.6. The highest BCUT2D eigenvalue weighted by atomic mass is 16.6. The highest BCUT2D eigenvalue weighted by Gasteiger charge is 2.23. The van der Waals surface area contributed by atoms with Gasteiger partial charge in [-0.15, -0.1) is 0 Å². The normalized spacial score (nSPS) is 12.3. The highest BCUT2D eigenvalue weighted by molar-refractivity contribution is 5.96. The Labute approximate surface area is 345 Å². The number of hydrogen-bond donors (Lipinski definition) is 2. The number of aromatic nitrogens is 6. The fourth-order valence-corrected chi connectivity index (χ4v) is 6.95. The molecule has 2 aliphatic heterocycles. The van der Waals surface area contributed by atoms with Gasteiger partial charge in [-0.05, 0) is 135 Å². The van der Waals surface area contributed by atoms with Crippen molar-refractivity contribution in [3.05, 3.63) is 130 Å². The quantitative estimate of drug-likeness (QED) is 0.0627. The molecule has 0 amide bonds. The third kappa shape index (κ3) is 9.89. The summed E-state index contributed by atoms with van der Waals surface area (Å²) in [6.45, 7) is 7.67. The Balaban J connectivity index is 1.13. The number of esters is 4. The Kier molecular flexibility index (Phi) is 12.7. The van der Waals surface area contributed by atoms with E-state index < -0.39 is 23.9 Å². The first-order chi connectivity index (χ1) is 29.0. The standard InChI is InChI=1S/C46H44N6O8/c1-27-19-34-22-39-29(3)35(9-11-43(53)57-15-17-59-45(55)31-7-5-13-47-25-31)41(51-39)24-42-36(10-12-44(54)58-16-18-60-46(56)32-8-6-14-48-26-32)30(4)40(52-42)23-38-28(2)20-33(50-38)21-37(27)49-34/h5-8,13-14,19-26,49-50H,9-12,15-18H2,1-4H3. The molecule has 2 N–H and O–H groups in total. The number of hydrogen-bond acceptors (Lipinski definition) is 12. The zero-order valence-electron chi connectivity index (χ0n) is 33.8. The van der Waals surface area contributed by atoms with Crippen molar-refractivity contribution in [2.75, 3.05) is 26.4 Å². The number of carbonyl (C=O) groups is 4. The van der Waals surface area contributed by atoms with E-state index in [-0.39, 0.29) is 39.3 Å². The summed E-state index contributed by atoms with van der Waals surface area (Å²) < 4.78 is 21.3. The third-order valence-corrected chi connectivity index (χ3v) is 10.2. The van der Waals surface area contributed by atoms with E-state index in [1.807, 2.05) is 45.9 Å². The van der Waals surface area contributed by atoms with Crippen LogP contribution in [0.4, 0.5) is 0 Å². The molecule has 7 rings (SSSR count). The van der Waals surface area contributed by atoms with Crippen LogP contribution in [0.25, 0.3) is 44.4 Å². The zero-order valence-corrected chi connectivity index (χ0v) is 33.8. The Morgan fingerprint density at radius 2 is 0.983 bits per heavy atom. The highest BCUT2D eigenvalue weighted by Crippen LogP contribution is 2.37. The number of rotatable bonds is 14. The third-order valence-electron chi connectivity index (χ3n) is 10.2. The van der Waals surface area contributed by atoms with Crippen molar-refractivity contribution in [3.63, 3.8) is 0 Å². The van der Waals surface area contributed by atoms with Crippen molar-refractivity contribution < 1.29 is 38.1 Å². The molecule has 5 aromatic heterocycles. The molecule has 14 heteroatoms. The van der Waals surface area contributed by atoms with Gasteiger partial charge in [0, 0.05) is 59.7 Å². The molecule has 0 atom stereocenters. The summed E-state index contributed by atoms with van der Waals surface area (Å²) in [5, 5.41) is 0. The van der Waals surface area contributed by atoms with Gasteiger partial charge in [0.25, 0.3) is 0 Å². The molecule has 2 aliphatic rings. The summed E-state index contributed by atoms with van der Waals surface area (Å²) in [7, 11) is 0. The number of aryl methyl sites for hydroxylation is 2. The second-order valence-corrected chi connectivity index (χ2v) is 14.4. The average Bonchev–Trinajstić information content (AvgIpc) is 3.95. The van der Waals surface area contributed by atoms with E-state index in [1.54, 1.807) is 36.7 Å². The van der Waals surface area contributed by atoms with E-state index in [0.717, 1.165) is 66.9 Å². The minimum atomic E-state index is -0.550. The van der Waals surface area contributed by atoms with Crippen LogP contribution in [0.1, 0.15) is 94.1 Å². The second kappa shape index (κ2) is 18.6. The minimum Gasteiger partial charge on any atom is -0.462 e. The van der Waals surface area contributed by atoms with Crippen molar-refractivity contribution in [1.82, 2.24) is 29.9 Å². The van der Waals surface area contributed by atoms with Gasteiger partial charge in [-0.25, -0.2) is 19.6 Å². The predicted octanol–water partition coefficient (Wildman–Crippen LogP) is 7.94. The Morgan fingerprint density at radius 3 is 1.47 bits per heavy atom. The van der Waals surface area contributed by atoms with Gasteiger partial charge in [0.15, 0.2) is 0 Å². The number of pyridine rings is 2. The van der Waals surface area contributed by atoms with Crippen LogP contribution in [0.5, 0.6) is 0 Å². The number of nitrogens with one attached hydrogen (secondary N) is 2. The average molecular weight is 809 g/mol. The lowest BCUT2D eigenvalue weighted by Crippen LogP contribution is -2.14. The molecular formula is C46H44N6O8. The maximum atomic E-state index is 13.0. The van der Waals surface area contributed by atoms with Crippen LogP contribution in [-0.2, 0) is 28.5 Å². The van der Waals surface area contributed by atoms with Gasteiger partial charge in [0.1, 0.15) is 26.4 Å². The number of aromatic amines is 2. The van der Waals surface area contributed by atoms with Crippen molar-refractivity contribution in [2.24, 2.45) is 0 Å². The first kappa shape index (κ1) is 41.0. The monoisotopic (exact) mass is 808 g/mol. The van der Waals surface area contributed by atoms with Gasteiger partial charge in [-0.1, -0.05) is 0 Å². The van der Waals surface area contributed by atoms with E-state index >= 15 is 0 Å². The van der Waals surface area contributed by atoms with Gasteiger partial charge in [-0.3, -0.25) is 19.6 Å². The van der Waals surface area contributed by atoms with Crippen LogP contribution >= 0.6 is 0 Å². The van der Waals surface area contributed by atoms with Gasteiger partial charge < -0.3 is 28.9 Å². The van der Waals surface area contributed by atoms with Gasteiger partial charge in [0.2, 0.25) is 0 Å². The maximum Gasteiger partial charge on any atom is 0.339 e. The van der Waals surface area contributed by atoms with E-state index in [1.165, 1.54) is 12.4 Å². The second-order valence-electron chi connectivity index (χ2n) is 14.4. The van der Waals surface area contributed by atoms with Crippen LogP contribution in [0.2, 0.25) is 0 Å². The van der Waals surface area contributed by atoms with E-state index in [9.17, 15) is 19.2 Å². The number of H-pyrrole nitrogens is 2. The molecule has 0 aliphatic carbocycles. The van der Waals surface area contributed by atoms with Crippen LogP contribution in [0, 0.1) is 13.8 Å². The first-order valence-electron chi connectivity index (χ1n) is 19.6. The van der Waals surface area contributed by atoms with Crippen molar-refractivity contribution >= 4 is 68.2 Å². The van der Waals surface area contributed by atoms with Crippen LogP contribution in [-0.4, -0.2) is 80.2 Å². The molecule has 7 heterocycles. The molecule has 0 fully saturated rings. The lowest BCUT2D eigenvalue weighted by atomic mass is 9.98. The topological polar surface area (TPSA) is 188 Å². The molecule has 0 spiro atoms. The molecule has 306 valence electrons. The molecular weight excluding hydrogens is 765 g/mol. The summed E-state index contributed by atoms with van der Waals surface area (Å²) in [6.07, 6.45) is 6.70. The molecule has 0 radical (unpaired) electrons. The van der Waals surface area contributed by atoms with Crippen LogP contribution in [0.3, 0.4) is 0 Å². The summed E-state index contributed by atoms with van der Waals surface area (Å²) >= 11 is 0. The molecule has 0 saturated heterocycles. The van der Waals surface area contributed by atoms with Crippen LogP contribution in [0.15, 0.2) is 85.5 Å². The fourth-order valence-electron chi connectivity index (χ4n) is 6.95. The zero-order chi connectivity index (χ0) is 42.2. The van der Waals surface area contributed by atoms with E-state index in [0.29, 0.717) is 35.4 Å². The molecule has 8 bridgehead atoms. The number of allylic oxidation sites excluding steroid dienone is 4. The largest absolute Gasteiger partial charge is 0.462 e. The summed E-state index contributed by atoms with van der Waals surface area (Å²) in [6, 6.07) is 18.6. The van der Waals surface area contributed by atoms with E-state index in [4.69, 9.17) is 28.9 Å². The number of nitrogens with zero attached hydrogens (tertiary/aromatic N) is 4. The molecule has 60 heavy (non-hydrogen) atoms. The van der Waals surface area contributed by atoms with Crippen molar-refractivity contribution in [2.45, 2.75) is 53.4 Å². The molecule has 5 aromatic rings. The summed E-state index contributed by atoms with van der Waals surface area (Å²) in [4.78, 5) is 75.5. The number of fused-ring (bicyclic) bond motifs is 8. The number of ether oxygens (including phenoxy) is 4. The van der Waals surface area contributed by atoms with Gasteiger partial charge >= 0.3 is 23.9 Å². The maximum absolute atomic E-state index is 13.0. The Hall–Kier alpha value is -7.22. The Bertz CT molecular complexity index is 2680. The Morgan fingerprint density at radius 1 is 0.533 bits per heavy atom. The van der Waals surface area contributed by atoms with Crippen molar-refractivity contribution in [1.29, 1.82) is 0 Å². The van der Waals surface area contributed by atoms with Crippen LogP contribution < -0.4 is 0 Å². The summed E-state index contributed by atoms with van der Waals surface area (Å²) in [5.41, 5.74) is 12.6. The van der Waals surface area contributed by atoms with E-state index in [2.05, 4.69) is 38.1 Å². The smallest absolute Gasteiger partial charge is 0.339 e. The molecule has 0 aromatic carbocycles. The molecule has 0 unspecified atom stereocenters. The molecule has 0 saturated carbocycles. The predicted molar refractivity (Wildman–Crippen MR) is 225 cm³/mol. The lowest BCUT2D eigenvalue weighted by Gasteiger charge is -2.09. The lowest BCUT2D eigenvalue weighted by molar-refractivity contribution is -0.145. The summed E-state index contributed by atoms with van der Waals surface area (Å²) in [5.74, 6) is -2.00. The van der Waals surface area contributed by atoms with Gasteiger partial charge in [-0.2, -0.15) is 0 Å². The van der Waals surface area contributed by atoms with Crippen molar-refractivity contribution in [3.8, 4) is 0 Å². The molecule has 14 nitrogen and oxygen atoms in total. The number of carbonyl (C=O) groups excluding carboxylic acids is 4. The SMILES string of the molecule is CC1=C(CCC(=O)OCCOC(=O)c2cccnc2)c2cc3nc(cc4[nH]c(cc4C)cc4[nH]c(cc1n2)cc4C)C(C)=C3CCC(=O)OCCOC(=O)c1cccnc1. The minimum absolute atomic E-state index is 0.0566. The van der Waals surface area contributed by atoms with Gasteiger partial charge in [0.05, 0.1) is 33.9 Å². The fraction of sp³-hybridized carbons (Fsp3) is 0.261.